The predicted octanol–water partition coefficient (Wildman–Crippen LogP) is 1.72. The molecule has 0 radical (unpaired) electrons. The summed E-state index contributed by atoms with van der Waals surface area (Å²) < 4.78 is 5.01. The molecular weight excluding hydrogens is 204 g/mol. The quantitative estimate of drug-likeness (QED) is 0.719. The Morgan fingerprint density at radius 1 is 1.56 bits per heavy atom. The molecule has 0 aliphatic rings. The molecule has 0 aromatic rings. The summed E-state index contributed by atoms with van der Waals surface area (Å²) in [5.74, 6) is -0.700. The summed E-state index contributed by atoms with van der Waals surface area (Å²) in [6, 6.07) is 1.99. The first-order chi connectivity index (χ1) is 7.46. The van der Waals surface area contributed by atoms with E-state index in [1.165, 1.54) is 0 Å². The third-order valence-electron chi connectivity index (χ3n) is 2.60. The van der Waals surface area contributed by atoms with E-state index in [0.717, 1.165) is 6.42 Å². The molecule has 0 aromatic carbocycles. The Hall–Kier alpha value is -1.08. The molecule has 0 heterocycles. The molecular formula is C12H22N2O2. The van der Waals surface area contributed by atoms with Gasteiger partial charge in [0.05, 0.1) is 6.07 Å². The van der Waals surface area contributed by atoms with E-state index in [1.807, 2.05) is 13.0 Å². The summed E-state index contributed by atoms with van der Waals surface area (Å²) in [6.45, 7) is 7.23. The minimum Gasteiger partial charge on any atom is -0.385 e. The van der Waals surface area contributed by atoms with Gasteiger partial charge in [-0.15, -0.1) is 0 Å². The van der Waals surface area contributed by atoms with Gasteiger partial charge in [-0.05, 0) is 18.3 Å². The predicted molar refractivity (Wildman–Crippen MR) is 62.7 cm³/mol. The van der Waals surface area contributed by atoms with Crippen molar-refractivity contribution in [3.63, 3.8) is 0 Å². The van der Waals surface area contributed by atoms with E-state index in [2.05, 4.69) is 19.2 Å². The lowest BCUT2D eigenvalue weighted by Crippen LogP contribution is -2.37. The summed E-state index contributed by atoms with van der Waals surface area (Å²) in [5, 5.41) is 11.6. The highest BCUT2D eigenvalue weighted by atomic mass is 16.5. The van der Waals surface area contributed by atoms with Crippen LogP contribution in [0.4, 0.5) is 0 Å². The Morgan fingerprint density at radius 3 is 2.62 bits per heavy atom. The molecule has 92 valence electrons. The highest BCUT2D eigenvalue weighted by Gasteiger charge is 2.21. The monoisotopic (exact) mass is 226 g/mol. The lowest BCUT2D eigenvalue weighted by molar-refractivity contribution is -0.123. The molecule has 1 unspecified atom stereocenters. The first kappa shape index (κ1) is 14.9. The highest BCUT2D eigenvalue weighted by molar-refractivity contribution is 5.80. The Labute approximate surface area is 98.0 Å². The third kappa shape index (κ3) is 5.72. The Kier molecular flexibility index (Phi) is 6.75. The van der Waals surface area contributed by atoms with Gasteiger partial charge in [0.2, 0.25) is 5.91 Å². The van der Waals surface area contributed by atoms with Crippen LogP contribution in [-0.4, -0.2) is 26.2 Å². The van der Waals surface area contributed by atoms with Crippen LogP contribution >= 0.6 is 0 Å². The number of ether oxygens (including phenoxy) is 1. The summed E-state index contributed by atoms with van der Waals surface area (Å²) >= 11 is 0. The molecule has 1 atom stereocenters. The van der Waals surface area contributed by atoms with Crippen molar-refractivity contribution in [3.05, 3.63) is 0 Å². The molecule has 1 N–H and O–H groups in total. The van der Waals surface area contributed by atoms with Gasteiger partial charge in [-0.1, -0.05) is 20.8 Å². The van der Waals surface area contributed by atoms with E-state index < -0.39 is 5.92 Å². The van der Waals surface area contributed by atoms with Gasteiger partial charge in [0.15, 0.2) is 0 Å². The van der Waals surface area contributed by atoms with Crippen LogP contribution in [0.1, 0.15) is 33.6 Å². The standard InChI is InChI=1S/C12H22N2O2/c1-5-10(8-13)11(15)14-9-12(2,3)6-7-16-4/h10H,5-7,9H2,1-4H3,(H,14,15). The second kappa shape index (κ2) is 7.24. The fourth-order valence-electron chi connectivity index (χ4n) is 1.25. The van der Waals surface area contributed by atoms with Crippen molar-refractivity contribution in [2.45, 2.75) is 33.6 Å². The van der Waals surface area contributed by atoms with Gasteiger partial charge in [-0.25, -0.2) is 0 Å². The van der Waals surface area contributed by atoms with Gasteiger partial charge >= 0.3 is 0 Å². The third-order valence-corrected chi connectivity index (χ3v) is 2.60. The summed E-state index contributed by atoms with van der Waals surface area (Å²) in [5.41, 5.74) is -0.000578. The Morgan fingerprint density at radius 2 is 2.19 bits per heavy atom. The molecule has 0 rings (SSSR count). The zero-order chi connectivity index (χ0) is 12.6. The van der Waals surface area contributed by atoms with E-state index >= 15 is 0 Å². The average molecular weight is 226 g/mol. The average Bonchev–Trinajstić information content (AvgIpc) is 2.25. The van der Waals surface area contributed by atoms with Crippen LogP contribution in [0.25, 0.3) is 0 Å². The molecule has 0 aliphatic heterocycles. The van der Waals surface area contributed by atoms with E-state index in [0.29, 0.717) is 19.6 Å². The first-order valence-electron chi connectivity index (χ1n) is 5.63. The van der Waals surface area contributed by atoms with Crippen molar-refractivity contribution >= 4 is 5.91 Å². The van der Waals surface area contributed by atoms with Crippen LogP contribution in [-0.2, 0) is 9.53 Å². The molecule has 0 aliphatic carbocycles. The maximum absolute atomic E-state index is 11.6. The molecule has 4 nitrogen and oxygen atoms in total. The first-order valence-corrected chi connectivity index (χ1v) is 5.63. The van der Waals surface area contributed by atoms with Gasteiger partial charge in [-0.2, -0.15) is 5.26 Å². The highest BCUT2D eigenvalue weighted by Crippen LogP contribution is 2.18. The van der Waals surface area contributed by atoms with Crippen LogP contribution in [0.15, 0.2) is 0 Å². The maximum atomic E-state index is 11.6. The van der Waals surface area contributed by atoms with Crippen LogP contribution in [0, 0.1) is 22.7 Å². The number of nitriles is 1. The molecule has 0 spiro atoms. The van der Waals surface area contributed by atoms with Crippen molar-refractivity contribution in [3.8, 4) is 6.07 Å². The van der Waals surface area contributed by atoms with Crippen molar-refractivity contribution < 1.29 is 9.53 Å². The number of methoxy groups -OCH3 is 1. The van der Waals surface area contributed by atoms with E-state index in [4.69, 9.17) is 10.00 Å². The number of hydrogen-bond donors (Lipinski definition) is 1. The number of carbonyl (C=O) groups excluding carboxylic acids is 1. The lowest BCUT2D eigenvalue weighted by atomic mass is 9.89. The van der Waals surface area contributed by atoms with E-state index in [9.17, 15) is 4.79 Å². The maximum Gasteiger partial charge on any atom is 0.237 e. The number of nitrogens with zero attached hydrogens (tertiary/aromatic N) is 1. The fourth-order valence-corrected chi connectivity index (χ4v) is 1.25. The van der Waals surface area contributed by atoms with Gasteiger partial charge in [0, 0.05) is 20.3 Å². The van der Waals surface area contributed by atoms with Gasteiger partial charge < -0.3 is 10.1 Å². The summed E-state index contributed by atoms with van der Waals surface area (Å²) in [6.07, 6.45) is 1.44. The second-order valence-corrected chi connectivity index (χ2v) is 4.71. The van der Waals surface area contributed by atoms with Crippen LogP contribution < -0.4 is 5.32 Å². The fraction of sp³-hybridized carbons (Fsp3) is 0.833. The summed E-state index contributed by atoms with van der Waals surface area (Å²) in [7, 11) is 1.66. The molecule has 0 bridgehead atoms. The molecule has 0 aromatic heterocycles. The topological polar surface area (TPSA) is 62.1 Å². The van der Waals surface area contributed by atoms with Crippen LogP contribution in [0.3, 0.4) is 0 Å². The number of rotatable bonds is 7. The normalized spacial score (nSPS) is 12.9. The number of hydrogen-bond acceptors (Lipinski definition) is 3. The van der Waals surface area contributed by atoms with Crippen molar-refractivity contribution in [2.24, 2.45) is 11.3 Å². The van der Waals surface area contributed by atoms with Gasteiger partial charge in [-0.3, -0.25) is 4.79 Å². The summed E-state index contributed by atoms with van der Waals surface area (Å²) in [4.78, 5) is 11.6. The minimum absolute atomic E-state index is 0.000578. The van der Waals surface area contributed by atoms with Crippen LogP contribution in [0.2, 0.25) is 0 Å². The number of amides is 1. The Bertz CT molecular complexity index is 256. The van der Waals surface area contributed by atoms with Crippen molar-refractivity contribution in [2.75, 3.05) is 20.3 Å². The number of carbonyl (C=O) groups is 1. The zero-order valence-electron chi connectivity index (χ0n) is 10.7. The second-order valence-electron chi connectivity index (χ2n) is 4.71. The SMILES string of the molecule is CCC(C#N)C(=O)NCC(C)(C)CCOC. The van der Waals surface area contributed by atoms with E-state index in [-0.39, 0.29) is 11.3 Å². The molecule has 4 heteroatoms. The molecule has 0 fully saturated rings. The molecule has 0 saturated heterocycles. The lowest BCUT2D eigenvalue weighted by Gasteiger charge is -2.25. The molecule has 0 saturated carbocycles. The molecule has 16 heavy (non-hydrogen) atoms. The smallest absolute Gasteiger partial charge is 0.237 e. The minimum atomic E-state index is -0.529. The van der Waals surface area contributed by atoms with Gasteiger partial charge in [0.25, 0.3) is 0 Å². The van der Waals surface area contributed by atoms with Crippen molar-refractivity contribution in [1.82, 2.24) is 5.32 Å². The Balaban J connectivity index is 4.04. The zero-order valence-corrected chi connectivity index (χ0v) is 10.7. The van der Waals surface area contributed by atoms with Crippen molar-refractivity contribution in [1.29, 1.82) is 5.26 Å². The van der Waals surface area contributed by atoms with Crippen LogP contribution in [0.5, 0.6) is 0 Å². The number of nitrogens with one attached hydrogen (secondary N) is 1. The molecule has 1 amide bonds. The van der Waals surface area contributed by atoms with Gasteiger partial charge in [0.1, 0.15) is 5.92 Å². The largest absolute Gasteiger partial charge is 0.385 e. The van der Waals surface area contributed by atoms with E-state index in [1.54, 1.807) is 7.11 Å².